The number of benzene rings is 2. The highest BCUT2D eigenvalue weighted by Crippen LogP contribution is 2.28. The van der Waals surface area contributed by atoms with Gasteiger partial charge in [0.15, 0.2) is 11.5 Å². The fourth-order valence-corrected chi connectivity index (χ4v) is 3.03. The van der Waals surface area contributed by atoms with Crippen LogP contribution in [-0.2, 0) is 10.5 Å². The van der Waals surface area contributed by atoms with Crippen molar-refractivity contribution in [3.63, 3.8) is 0 Å². The lowest BCUT2D eigenvalue weighted by molar-refractivity contribution is -0.118. The quantitative estimate of drug-likeness (QED) is 0.463. The second-order valence-corrected chi connectivity index (χ2v) is 6.74. The van der Waals surface area contributed by atoms with Crippen molar-refractivity contribution in [1.82, 2.24) is 5.43 Å². The smallest absolute Gasteiger partial charge is 0.250 e. The third-order valence-corrected chi connectivity index (χ3v) is 4.48. The molecule has 0 aliphatic rings. The Hall–Kier alpha value is -2.47. The van der Waals surface area contributed by atoms with Crippen LogP contribution in [0.5, 0.6) is 11.5 Å². The molecule has 5 nitrogen and oxygen atoms in total. The maximum absolute atomic E-state index is 11.9. The number of hydrogen-bond donors (Lipinski definition) is 1. The summed E-state index contributed by atoms with van der Waals surface area (Å²) >= 11 is 1.56. The molecule has 0 saturated heterocycles. The van der Waals surface area contributed by atoms with Gasteiger partial charge in [-0.2, -0.15) is 5.10 Å². The van der Waals surface area contributed by atoms with Gasteiger partial charge in [-0.05, 0) is 42.7 Å². The number of thioether (sulfide) groups is 1. The third-order valence-electron chi connectivity index (χ3n) is 3.48. The number of ether oxygens (including phenoxy) is 2. The van der Waals surface area contributed by atoms with E-state index in [4.69, 9.17) is 9.47 Å². The Morgan fingerprint density at radius 2 is 1.93 bits per heavy atom. The number of rotatable bonds is 11. The van der Waals surface area contributed by atoms with Crippen LogP contribution in [0.3, 0.4) is 0 Å². The molecule has 0 aliphatic carbocycles. The molecular weight excluding hydrogens is 360 g/mol. The Balaban J connectivity index is 1.81. The first-order valence-electron chi connectivity index (χ1n) is 9.06. The Kier molecular flexibility index (Phi) is 9.27. The lowest BCUT2D eigenvalue weighted by Gasteiger charge is -2.11. The van der Waals surface area contributed by atoms with Gasteiger partial charge >= 0.3 is 0 Å². The maximum atomic E-state index is 11.9. The highest BCUT2D eigenvalue weighted by Gasteiger charge is 2.06. The first-order valence-corrected chi connectivity index (χ1v) is 10.2. The summed E-state index contributed by atoms with van der Waals surface area (Å²) in [5.74, 6) is 2.44. The van der Waals surface area contributed by atoms with Gasteiger partial charge in [-0.1, -0.05) is 37.3 Å². The summed E-state index contributed by atoms with van der Waals surface area (Å²) in [6.45, 7) is 5.18. The van der Waals surface area contributed by atoms with Gasteiger partial charge in [0, 0.05) is 5.75 Å². The largest absolute Gasteiger partial charge is 0.490 e. The summed E-state index contributed by atoms with van der Waals surface area (Å²) in [4.78, 5) is 11.9. The molecule has 2 aromatic carbocycles. The van der Waals surface area contributed by atoms with Crippen molar-refractivity contribution in [2.75, 3.05) is 19.0 Å². The molecule has 0 atom stereocenters. The van der Waals surface area contributed by atoms with Crippen LogP contribution in [0.4, 0.5) is 0 Å². The van der Waals surface area contributed by atoms with E-state index in [1.54, 1.807) is 18.0 Å². The normalized spacial score (nSPS) is 10.7. The lowest BCUT2D eigenvalue weighted by atomic mass is 10.2. The van der Waals surface area contributed by atoms with Gasteiger partial charge < -0.3 is 9.47 Å². The predicted octanol–water partition coefficient (Wildman–Crippen LogP) is 4.26. The van der Waals surface area contributed by atoms with Crippen LogP contribution in [0.25, 0.3) is 0 Å². The van der Waals surface area contributed by atoms with Crippen molar-refractivity contribution in [2.45, 2.75) is 26.0 Å². The van der Waals surface area contributed by atoms with Crippen LogP contribution < -0.4 is 14.9 Å². The van der Waals surface area contributed by atoms with E-state index in [2.05, 4.69) is 17.5 Å². The van der Waals surface area contributed by atoms with Gasteiger partial charge in [0.25, 0.3) is 0 Å². The maximum Gasteiger partial charge on any atom is 0.250 e. The number of amides is 1. The van der Waals surface area contributed by atoms with Crippen molar-refractivity contribution in [3.8, 4) is 11.5 Å². The molecule has 0 bridgehead atoms. The van der Waals surface area contributed by atoms with E-state index in [0.717, 1.165) is 23.5 Å². The number of hydrazone groups is 1. The van der Waals surface area contributed by atoms with Crippen LogP contribution in [0, 0.1) is 0 Å². The molecular formula is C21H26N2O3S. The van der Waals surface area contributed by atoms with Crippen LogP contribution in [0.1, 0.15) is 31.4 Å². The van der Waals surface area contributed by atoms with E-state index in [1.165, 1.54) is 5.56 Å². The molecule has 0 spiro atoms. The summed E-state index contributed by atoms with van der Waals surface area (Å²) in [6, 6.07) is 15.7. The molecule has 0 unspecified atom stereocenters. The minimum Gasteiger partial charge on any atom is -0.490 e. The number of nitrogens with zero attached hydrogens (tertiary/aromatic N) is 1. The monoisotopic (exact) mass is 386 g/mol. The molecule has 27 heavy (non-hydrogen) atoms. The van der Waals surface area contributed by atoms with Crippen molar-refractivity contribution in [2.24, 2.45) is 5.10 Å². The molecule has 6 heteroatoms. The second-order valence-electron chi connectivity index (χ2n) is 5.76. The van der Waals surface area contributed by atoms with E-state index in [0.29, 0.717) is 24.7 Å². The van der Waals surface area contributed by atoms with E-state index in [9.17, 15) is 4.79 Å². The summed E-state index contributed by atoms with van der Waals surface area (Å²) in [6.07, 6.45) is 2.54. The Morgan fingerprint density at radius 1 is 1.11 bits per heavy atom. The first kappa shape index (κ1) is 20.8. The zero-order valence-electron chi connectivity index (χ0n) is 15.8. The van der Waals surface area contributed by atoms with Gasteiger partial charge in [0.05, 0.1) is 25.2 Å². The third kappa shape index (κ3) is 7.74. The molecule has 0 aliphatic heterocycles. The van der Waals surface area contributed by atoms with E-state index < -0.39 is 0 Å². The zero-order chi connectivity index (χ0) is 19.3. The van der Waals surface area contributed by atoms with Crippen molar-refractivity contribution in [1.29, 1.82) is 0 Å². The zero-order valence-corrected chi connectivity index (χ0v) is 16.6. The minimum atomic E-state index is -0.125. The highest BCUT2D eigenvalue weighted by atomic mass is 32.2. The Labute approximate surface area is 165 Å². The molecule has 2 aromatic rings. The fraction of sp³-hybridized carbons (Fsp3) is 0.333. The topological polar surface area (TPSA) is 59.9 Å². The van der Waals surface area contributed by atoms with Crippen LogP contribution in [-0.4, -0.2) is 31.1 Å². The number of hydrogen-bond acceptors (Lipinski definition) is 5. The lowest BCUT2D eigenvalue weighted by Crippen LogP contribution is -2.19. The average Bonchev–Trinajstić information content (AvgIpc) is 2.68. The van der Waals surface area contributed by atoms with Crippen LogP contribution >= 0.6 is 11.8 Å². The predicted molar refractivity (Wildman–Crippen MR) is 112 cm³/mol. The van der Waals surface area contributed by atoms with E-state index in [-0.39, 0.29) is 5.91 Å². The minimum absolute atomic E-state index is 0.125. The van der Waals surface area contributed by atoms with Gasteiger partial charge in [0.1, 0.15) is 0 Å². The van der Waals surface area contributed by atoms with E-state index >= 15 is 0 Å². The van der Waals surface area contributed by atoms with Crippen LogP contribution in [0.2, 0.25) is 0 Å². The van der Waals surface area contributed by atoms with Gasteiger partial charge in [-0.25, -0.2) is 5.43 Å². The van der Waals surface area contributed by atoms with Gasteiger partial charge in [-0.3, -0.25) is 4.79 Å². The number of carbonyl (C=O) groups is 1. The Morgan fingerprint density at radius 3 is 2.67 bits per heavy atom. The van der Waals surface area contributed by atoms with Crippen molar-refractivity contribution in [3.05, 3.63) is 59.7 Å². The molecule has 0 saturated carbocycles. The average molecular weight is 387 g/mol. The summed E-state index contributed by atoms with van der Waals surface area (Å²) < 4.78 is 11.3. The second kappa shape index (κ2) is 12.0. The van der Waals surface area contributed by atoms with Crippen LogP contribution in [0.15, 0.2) is 53.6 Å². The standard InChI is InChI=1S/C21H26N2O3S/c1-3-12-26-19-11-10-18(13-20(19)25-4-2)14-22-23-21(24)16-27-15-17-8-6-5-7-9-17/h5-11,13-14H,3-4,12,15-16H2,1-2H3,(H,23,24)/b22-14+. The molecule has 144 valence electrons. The fourth-order valence-electron chi connectivity index (χ4n) is 2.25. The first-order chi connectivity index (χ1) is 13.2. The summed E-state index contributed by atoms with van der Waals surface area (Å²) in [7, 11) is 0. The molecule has 2 rings (SSSR count). The van der Waals surface area contributed by atoms with Crippen molar-refractivity contribution < 1.29 is 14.3 Å². The molecule has 0 aromatic heterocycles. The molecule has 0 heterocycles. The summed E-state index contributed by atoms with van der Waals surface area (Å²) in [5, 5.41) is 4.03. The van der Waals surface area contributed by atoms with Gasteiger partial charge in [-0.15, -0.1) is 11.8 Å². The van der Waals surface area contributed by atoms with E-state index in [1.807, 2.05) is 55.5 Å². The van der Waals surface area contributed by atoms with Gasteiger partial charge in [0.2, 0.25) is 5.91 Å². The number of carbonyl (C=O) groups excluding carboxylic acids is 1. The molecule has 0 radical (unpaired) electrons. The molecule has 0 fully saturated rings. The molecule has 1 N–H and O–H groups in total. The van der Waals surface area contributed by atoms with Crippen molar-refractivity contribution >= 4 is 23.9 Å². The number of nitrogens with one attached hydrogen (secondary N) is 1. The Bertz CT molecular complexity index is 735. The highest BCUT2D eigenvalue weighted by molar-refractivity contribution is 7.99. The SMILES string of the molecule is CCCOc1ccc(/C=N/NC(=O)CSCc2ccccc2)cc1OCC. The summed E-state index contributed by atoms with van der Waals surface area (Å²) in [5.41, 5.74) is 4.59. The molecule has 1 amide bonds.